The zero-order chi connectivity index (χ0) is 13.7. The minimum atomic E-state index is -0.261. The van der Waals surface area contributed by atoms with Crippen molar-refractivity contribution in [3.05, 3.63) is 29.3 Å². The largest absolute Gasteiger partial charge is 0.487 e. The number of benzene rings is 1. The molecular formula is C17H25NO. The Bertz CT molecular complexity index is 484. The summed E-state index contributed by atoms with van der Waals surface area (Å²) in [5.74, 6) is 1.55. The Kier molecular flexibility index (Phi) is 2.90. The van der Waals surface area contributed by atoms with Gasteiger partial charge in [0, 0.05) is 17.5 Å². The van der Waals surface area contributed by atoms with Crippen LogP contribution < -0.4 is 10.5 Å². The maximum absolute atomic E-state index is 6.63. The minimum absolute atomic E-state index is 0.00977. The molecule has 1 fully saturated rings. The van der Waals surface area contributed by atoms with E-state index in [1.165, 1.54) is 24.0 Å². The maximum atomic E-state index is 6.63. The Morgan fingerprint density at radius 1 is 1.21 bits per heavy atom. The summed E-state index contributed by atoms with van der Waals surface area (Å²) in [6.45, 7) is 6.61. The third-order valence-corrected chi connectivity index (χ3v) is 4.82. The Labute approximate surface area is 116 Å². The smallest absolute Gasteiger partial charge is 0.125 e. The van der Waals surface area contributed by atoms with E-state index < -0.39 is 0 Å². The van der Waals surface area contributed by atoms with Crippen molar-refractivity contribution in [3.63, 3.8) is 0 Å². The molecule has 3 rings (SSSR count). The molecule has 19 heavy (non-hydrogen) atoms. The van der Waals surface area contributed by atoms with E-state index >= 15 is 0 Å². The zero-order valence-corrected chi connectivity index (χ0v) is 12.3. The number of rotatable bonds is 1. The molecule has 1 atom stereocenters. The van der Waals surface area contributed by atoms with Gasteiger partial charge in [0.1, 0.15) is 11.4 Å². The van der Waals surface area contributed by atoms with Crippen LogP contribution in [0, 0.1) is 0 Å². The van der Waals surface area contributed by atoms with Crippen molar-refractivity contribution in [1.29, 1.82) is 0 Å². The van der Waals surface area contributed by atoms with E-state index in [-0.39, 0.29) is 11.1 Å². The summed E-state index contributed by atoms with van der Waals surface area (Å²) in [5.41, 5.74) is 8.92. The fraction of sp³-hybridized carbons (Fsp3) is 0.647. The molecular weight excluding hydrogens is 234 g/mol. The highest BCUT2D eigenvalue weighted by Gasteiger charge is 2.46. The SMILES string of the molecule is CC(C)c1ccc2c(c1)C(C)(N)CC1(CCCC1)O2. The number of hydrogen-bond donors (Lipinski definition) is 1. The first-order chi connectivity index (χ1) is 8.92. The molecule has 0 bridgehead atoms. The van der Waals surface area contributed by atoms with Crippen molar-refractivity contribution in [3.8, 4) is 5.75 Å². The average molecular weight is 259 g/mol. The maximum Gasteiger partial charge on any atom is 0.125 e. The average Bonchev–Trinajstić information content (AvgIpc) is 2.75. The van der Waals surface area contributed by atoms with Crippen molar-refractivity contribution >= 4 is 0 Å². The van der Waals surface area contributed by atoms with E-state index in [1.54, 1.807) is 0 Å². The van der Waals surface area contributed by atoms with Gasteiger partial charge in [-0.05, 0) is 56.2 Å². The lowest BCUT2D eigenvalue weighted by Gasteiger charge is -2.44. The normalized spacial score (nSPS) is 28.5. The monoisotopic (exact) mass is 259 g/mol. The quantitative estimate of drug-likeness (QED) is 0.824. The summed E-state index contributed by atoms with van der Waals surface area (Å²) in [5, 5.41) is 0. The topological polar surface area (TPSA) is 35.2 Å². The molecule has 0 saturated heterocycles. The molecule has 2 nitrogen and oxygen atoms in total. The molecule has 2 N–H and O–H groups in total. The van der Waals surface area contributed by atoms with Gasteiger partial charge >= 0.3 is 0 Å². The van der Waals surface area contributed by atoms with Gasteiger partial charge in [-0.1, -0.05) is 19.9 Å². The molecule has 1 spiro atoms. The highest BCUT2D eigenvalue weighted by molar-refractivity contribution is 5.45. The molecule has 2 aliphatic rings. The second kappa shape index (κ2) is 4.24. The highest BCUT2D eigenvalue weighted by Crippen LogP contribution is 2.49. The van der Waals surface area contributed by atoms with Gasteiger partial charge in [-0.15, -0.1) is 0 Å². The van der Waals surface area contributed by atoms with Crippen LogP contribution in [0.2, 0.25) is 0 Å². The lowest BCUT2D eigenvalue weighted by atomic mass is 9.76. The number of hydrogen-bond acceptors (Lipinski definition) is 2. The Balaban J connectivity index is 2.03. The lowest BCUT2D eigenvalue weighted by Crippen LogP contribution is -2.49. The molecule has 1 heterocycles. The van der Waals surface area contributed by atoms with E-state index in [0.717, 1.165) is 25.0 Å². The van der Waals surface area contributed by atoms with Crippen molar-refractivity contribution in [2.45, 2.75) is 69.9 Å². The number of ether oxygens (including phenoxy) is 1. The van der Waals surface area contributed by atoms with Crippen LogP contribution in [-0.2, 0) is 5.54 Å². The van der Waals surface area contributed by atoms with Gasteiger partial charge < -0.3 is 10.5 Å². The van der Waals surface area contributed by atoms with E-state index in [2.05, 4.69) is 39.0 Å². The fourth-order valence-corrected chi connectivity index (χ4v) is 3.77. The van der Waals surface area contributed by atoms with Crippen LogP contribution in [0.1, 0.15) is 69.9 Å². The van der Waals surface area contributed by atoms with Gasteiger partial charge in [-0.3, -0.25) is 0 Å². The molecule has 1 saturated carbocycles. The summed E-state index contributed by atoms with van der Waals surface area (Å²) < 4.78 is 6.37. The second-order valence-electron chi connectivity index (χ2n) is 7.00. The third kappa shape index (κ3) is 2.16. The summed E-state index contributed by atoms with van der Waals surface area (Å²) >= 11 is 0. The second-order valence-corrected chi connectivity index (χ2v) is 7.00. The van der Waals surface area contributed by atoms with E-state index in [0.29, 0.717) is 5.92 Å². The first kappa shape index (κ1) is 13.0. The summed E-state index contributed by atoms with van der Waals surface area (Å²) in [7, 11) is 0. The van der Waals surface area contributed by atoms with Crippen LogP contribution in [0.5, 0.6) is 5.75 Å². The molecule has 2 heteroatoms. The van der Waals surface area contributed by atoms with Gasteiger partial charge in [-0.2, -0.15) is 0 Å². The number of nitrogens with two attached hydrogens (primary N) is 1. The molecule has 1 aliphatic carbocycles. The summed E-state index contributed by atoms with van der Waals surface area (Å²) in [6, 6.07) is 6.57. The molecule has 0 amide bonds. The fourth-order valence-electron chi connectivity index (χ4n) is 3.77. The van der Waals surface area contributed by atoms with Gasteiger partial charge in [0.05, 0.1) is 0 Å². The minimum Gasteiger partial charge on any atom is -0.487 e. The highest BCUT2D eigenvalue weighted by atomic mass is 16.5. The van der Waals surface area contributed by atoms with E-state index in [9.17, 15) is 0 Å². The third-order valence-electron chi connectivity index (χ3n) is 4.82. The summed E-state index contributed by atoms with van der Waals surface area (Å²) in [6.07, 6.45) is 5.82. The molecule has 1 aromatic rings. The molecule has 1 aliphatic heterocycles. The Morgan fingerprint density at radius 3 is 2.53 bits per heavy atom. The van der Waals surface area contributed by atoms with Crippen LogP contribution in [0.3, 0.4) is 0 Å². The first-order valence-corrected chi connectivity index (χ1v) is 7.54. The zero-order valence-electron chi connectivity index (χ0n) is 12.3. The Hall–Kier alpha value is -1.02. The van der Waals surface area contributed by atoms with Crippen LogP contribution in [0.25, 0.3) is 0 Å². The van der Waals surface area contributed by atoms with E-state index in [4.69, 9.17) is 10.5 Å². The van der Waals surface area contributed by atoms with Crippen LogP contribution >= 0.6 is 0 Å². The van der Waals surface area contributed by atoms with Crippen molar-refractivity contribution in [2.24, 2.45) is 5.73 Å². The van der Waals surface area contributed by atoms with Gasteiger partial charge in [0.15, 0.2) is 0 Å². The molecule has 1 aromatic carbocycles. The predicted molar refractivity (Wildman–Crippen MR) is 78.5 cm³/mol. The molecule has 1 unspecified atom stereocenters. The standard InChI is InChI=1S/C17H25NO/c1-12(2)13-6-7-15-14(10-13)16(3,18)11-17(19-15)8-4-5-9-17/h6-7,10,12H,4-5,8-9,11,18H2,1-3H3. The Morgan fingerprint density at radius 2 is 1.89 bits per heavy atom. The van der Waals surface area contributed by atoms with E-state index in [1.807, 2.05) is 0 Å². The lowest BCUT2D eigenvalue weighted by molar-refractivity contribution is 0.0224. The predicted octanol–water partition coefficient (Wildman–Crippen LogP) is 4.08. The van der Waals surface area contributed by atoms with Crippen LogP contribution in [-0.4, -0.2) is 5.60 Å². The number of fused-ring (bicyclic) bond motifs is 1. The summed E-state index contributed by atoms with van der Waals surface area (Å²) in [4.78, 5) is 0. The van der Waals surface area contributed by atoms with Crippen molar-refractivity contribution in [1.82, 2.24) is 0 Å². The van der Waals surface area contributed by atoms with Crippen molar-refractivity contribution in [2.75, 3.05) is 0 Å². The molecule has 0 aromatic heterocycles. The van der Waals surface area contributed by atoms with Crippen LogP contribution in [0.15, 0.2) is 18.2 Å². The van der Waals surface area contributed by atoms with Crippen molar-refractivity contribution < 1.29 is 4.74 Å². The van der Waals surface area contributed by atoms with Crippen LogP contribution in [0.4, 0.5) is 0 Å². The van der Waals surface area contributed by atoms with Gasteiger partial charge in [-0.25, -0.2) is 0 Å². The molecule has 104 valence electrons. The molecule has 0 radical (unpaired) electrons. The van der Waals surface area contributed by atoms with Gasteiger partial charge in [0.2, 0.25) is 0 Å². The van der Waals surface area contributed by atoms with Gasteiger partial charge in [0.25, 0.3) is 0 Å². The first-order valence-electron chi connectivity index (χ1n) is 7.54.